The molecule has 0 atom stereocenters. The highest BCUT2D eigenvalue weighted by Crippen LogP contribution is 2.25. The van der Waals surface area contributed by atoms with E-state index in [9.17, 15) is 8.42 Å². The quantitative estimate of drug-likeness (QED) is 0.721. The summed E-state index contributed by atoms with van der Waals surface area (Å²) in [6.07, 6.45) is 1.75. The number of halogens is 1. The van der Waals surface area contributed by atoms with Gasteiger partial charge in [-0.05, 0) is 30.7 Å². The minimum Gasteiger partial charge on any atom is -0.378 e. The SMILES string of the molecule is Cc1ccc(S(=O)(=O)N2CCN(c3ccnc(N4CCOCC4)n3)CC2)cc1Cl. The number of hydrogen-bond acceptors (Lipinski definition) is 7. The van der Waals surface area contributed by atoms with Crippen LogP contribution in [0.3, 0.4) is 0 Å². The van der Waals surface area contributed by atoms with Gasteiger partial charge >= 0.3 is 0 Å². The number of hydrogen-bond donors (Lipinski definition) is 0. The number of ether oxygens (including phenoxy) is 1. The highest BCUT2D eigenvalue weighted by molar-refractivity contribution is 7.89. The van der Waals surface area contributed by atoms with Crippen LogP contribution in [0.4, 0.5) is 11.8 Å². The van der Waals surface area contributed by atoms with Gasteiger partial charge in [0.15, 0.2) is 0 Å². The molecule has 2 aliphatic heterocycles. The minimum absolute atomic E-state index is 0.234. The summed E-state index contributed by atoms with van der Waals surface area (Å²) < 4.78 is 32.8. The standard InChI is InChI=1S/C19H24ClN5O3S/c1-15-2-3-16(14-17(15)20)29(26,27)25-8-6-23(7-9-25)18-4-5-21-19(22-18)24-10-12-28-13-11-24/h2-5,14H,6-13H2,1H3. The second kappa shape index (κ2) is 8.43. The average molecular weight is 438 g/mol. The van der Waals surface area contributed by atoms with Crippen LogP contribution in [0, 0.1) is 6.92 Å². The topological polar surface area (TPSA) is 78.9 Å². The number of sulfonamides is 1. The number of nitrogens with zero attached hydrogens (tertiary/aromatic N) is 5. The van der Waals surface area contributed by atoms with Gasteiger partial charge in [0.05, 0.1) is 18.1 Å². The first-order valence-electron chi connectivity index (χ1n) is 9.62. The third-order valence-electron chi connectivity index (χ3n) is 5.27. The summed E-state index contributed by atoms with van der Waals surface area (Å²) >= 11 is 6.12. The van der Waals surface area contributed by atoms with Gasteiger partial charge in [-0.15, -0.1) is 0 Å². The molecule has 0 radical (unpaired) electrons. The Labute approximate surface area is 176 Å². The summed E-state index contributed by atoms with van der Waals surface area (Å²) in [6, 6.07) is 6.74. The van der Waals surface area contributed by atoms with Crippen molar-refractivity contribution in [3.8, 4) is 0 Å². The zero-order valence-corrected chi connectivity index (χ0v) is 17.9. The molecular weight excluding hydrogens is 414 g/mol. The highest BCUT2D eigenvalue weighted by Gasteiger charge is 2.29. The summed E-state index contributed by atoms with van der Waals surface area (Å²) in [7, 11) is -3.56. The Balaban J connectivity index is 1.44. The maximum Gasteiger partial charge on any atom is 0.243 e. The van der Waals surface area contributed by atoms with Crippen LogP contribution in [0.25, 0.3) is 0 Å². The van der Waals surface area contributed by atoms with E-state index in [0.717, 1.165) is 24.5 Å². The molecule has 2 aromatic rings. The molecule has 29 heavy (non-hydrogen) atoms. The van der Waals surface area contributed by atoms with Gasteiger partial charge in [-0.25, -0.2) is 13.4 Å². The van der Waals surface area contributed by atoms with E-state index in [2.05, 4.69) is 19.8 Å². The highest BCUT2D eigenvalue weighted by atomic mass is 35.5. The maximum atomic E-state index is 13.0. The zero-order valence-electron chi connectivity index (χ0n) is 16.3. The number of benzene rings is 1. The lowest BCUT2D eigenvalue weighted by Crippen LogP contribution is -2.49. The number of morpholine rings is 1. The van der Waals surface area contributed by atoms with E-state index in [1.54, 1.807) is 18.3 Å². The number of aromatic nitrogens is 2. The largest absolute Gasteiger partial charge is 0.378 e. The van der Waals surface area contributed by atoms with Crippen molar-refractivity contribution < 1.29 is 13.2 Å². The summed E-state index contributed by atoms with van der Waals surface area (Å²) in [5, 5.41) is 0.460. The molecule has 2 aliphatic rings. The van der Waals surface area contributed by atoms with E-state index in [0.29, 0.717) is 50.4 Å². The van der Waals surface area contributed by atoms with Gasteiger partial charge in [0, 0.05) is 50.5 Å². The summed E-state index contributed by atoms with van der Waals surface area (Å²) in [6.45, 7) is 6.67. The van der Waals surface area contributed by atoms with Crippen LogP contribution >= 0.6 is 11.6 Å². The Kier molecular flexibility index (Phi) is 5.91. The summed E-state index contributed by atoms with van der Waals surface area (Å²) in [5.41, 5.74) is 0.857. The Morgan fingerprint density at radius 2 is 1.72 bits per heavy atom. The van der Waals surface area contributed by atoms with Crippen molar-refractivity contribution in [2.75, 3.05) is 62.3 Å². The molecule has 0 N–H and O–H groups in total. The summed E-state index contributed by atoms with van der Waals surface area (Å²) in [4.78, 5) is 13.5. The zero-order chi connectivity index (χ0) is 20.4. The van der Waals surface area contributed by atoms with Crippen LogP contribution in [0.2, 0.25) is 5.02 Å². The number of anilines is 2. The number of aryl methyl sites for hydroxylation is 1. The van der Waals surface area contributed by atoms with Gasteiger partial charge in [-0.3, -0.25) is 0 Å². The molecule has 0 amide bonds. The van der Waals surface area contributed by atoms with Gasteiger partial charge in [-0.2, -0.15) is 9.29 Å². The van der Waals surface area contributed by atoms with Crippen LogP contribution < -0.4 is 9.80 Å². The van der Waals surface area contributed by atoms with E-state index in [-0.39, 0.29) is 4.90 Å². The van der Waals surface area contributed by atoms with Crippen molar-refractivity contribution >= 4 is 33.4 Å². The first kappa shape index (κ1) is 20.3. The average Bonchev–Trinajstić information content (AvgIpc) is 2.76. The molecule has 0 aliphatic carbocycles. The summed E-state index contributed by atoms with van der Waals surface area (Å²) in [5.74, 6) is 1.51. The van der Waals surface area contributed by atoms with Crippen LogP contribution in [-0.2, 0) is 14.8 Å². The fourth-order valence-electron chi connectivity index (χ4n) is 3.47. The number of rotatable bonds is 4. The normalized spacial score (nSPS) is 18.8. The van der Waals surface area contributed by atoms with Crippen molar-refractivity contribution in [1.29, 1.82) is 0 Å². The lowest BCUT2D eigenvalue weighted by molar-refractivity contribution is 0.122. The molecule has 0 unspecified atom stereocenters. The predicted octanol–water partition coefficient (Wildman–Crippen LogP) is 1.79. The van der Waals surface area contributed by atoms with Gasteiger partial charge in [-0.1, -0.05) is 17.7 Å². The lowest BCUT2D eigenvalue weighted by atomic mass is 10.2. The molecule has 156 valence electrons. The monoisotopic (exact) mass is 437 g/mol. The Bertz CT molecular complexity index is 974. The van der Waals surface area contributed by atoms with Gasteiger partial charge < -0.3 is 14.5 Å². The second-order valence-corrected chi connectivity index (χ2v) is 9.46. The second-order valence-electron chi connectivity index (χ2n) is 7.12. The fourth-order valence-corrected chi connectivity index (χ4v) is 5.17. The van der Waals surface area contributed by atoms with Crippen molar-refractivity contribution in [1.82, 2.24) is 14.3 Å². The molecule has 0 saturated carbocycles. The van der Waals surface area contributed by atoms with Crippen molar-refractivity contribution in [3.63, 3.8) is 0 Å². The van der Waals surface area contributed by atoms with Crippen molar-refractivity contribution in [3.05, 3.63) is 41.0 Å². The molecule has 3 heterocycles. The fraction of sp³-hybridized carbons (Fsp3) is 0.474. The smallest absolute Gasteiger partial charge is 0.243 e. The van der Waals surface area contributed by atoms with E-state index in [1.807, 2.05) is 13.0 Å². The van der Waals surface area contributed by atoms with Crippen LogP contribution in [0.1, 0.15) is 5.56 Å². The molecule has 10 heteroatoms. The van der Waals surface area contributed by atoms with Gasteiger partial charge in [0.1, 0.15) is 5.82 Å². The van der Waals surface area contributed by atoms with Gasteiger partial charge in [0.2, 0.25) is 16.0 Å². The molecule has 2 fully saturated rings. The Morgan fingerprint density at radius 1 is 1.00 bits per heavy atom. The molecule has 2 saturated heterocycles. The molecule has 4 rings (SSSR count). The molecule has 0 spiro atoms. The van der Waals surface area contributed by atoms with Crippen LogP contribution in [0.15, 0.2) is 35.4 Å². The van der Waals surface area contributed by atoms with Gasteiger partial charge in [0.25, 0.3) is 0 Å². The predicted molar refractivity (Wildman–Crippen MR) is 112 cm³/mol. The van der Waals surface area contributed by atoms with Crippen LogP contribution in [0.5, 0.6) is 0 Å². The van der Waals surface area contributed by atoms with E-state index in [4.69, 9.17) is 16.3 Å². The number of piperazine rings is 1. The van der Waals surface area contributed by atoms with E-state index < -0.39 is 10.0 Å². The molecule has 0 bridgehead atoms. The third-order valence-corrected chi connectivity index (χ3v) is 7.57. The Morgan fingerprint density at radius 3 is 2.41 bits per heavy atom. The molecule has 8 nitrogen and oxygen atoms in total. The lowest BCUT2D eigenvalue weighted by Gasteiger charge is -2.35. The Hall–Kier alpha value is -1.94. The minimum atomic E-state index is -3.56. The van der Waals surface area contributed by atoms with E-state index >= 15 is 0 Å². The third kappa shape index (κ3) is 4.32. The molecule has 1 aromatic carbocycles. The van der Waals surface area contributed by atoms with E-state index in [1.165, 1.54) is 10.4 Å². The first-order valence-corrected chi connectivity index (χ1v) is 11.4. The molecular formula is C19H24ClN5O3S. The molecule has 1 aromatic heterocycles. The van der Waals surface area contributed by atoms with Crippen molar-refractivity contribution in [2.45, 2.75) is 11.8 Å². The first-order chi connectivity index (χ1) is 13.9. The van der Waals surface area contributed by atoms with Crippen LogP contribution in [-0.4, -0.2) is 75.2 Å². The van der Waals surface area contributed by atoms with Crippen molar-refractivity contribution in [2.24, 2.45) is 0 Å². The maximum absolute atomic E-state index is 13.0.